The quantitative estimate of drug-likeness (QED) is 0.704. The molecule has 1 aromatic rings. The lowest BCUT2D eigenvalue weighted by Crippen LogP contribution is -2.39. The van der Waals surface area contributed by atoms with Gasteiger partial charge in [-0.25, -0.2) is 8.42 Å². The fraction of sp³-hybridized carbons (Fsp3) is 0.611. The van der Waals surface area contributed by atoms with Crippen molar-refractivity contribution >= 4 is 21.6 Å². The van der Waals surface area contributed by atoms with E-state index < -0.39 is 10.0 Å². The number of nitrogens with one attached hydrogen (secondary N) is 1. The predicted molar refractivity (Wildman–Crippen MR) is 102 cm³/mol. The van der Waals surface area contributed by atoms with Crippen molar-refractivity contribution in [3.63, 3.8) is 0 Å². The van der Waals surface area contributed by atoms with E-state index in [1.165, 1.54) is 28.9 Å². The van der Waals surface area contributed by atoms with E-state index in [-0.39, 0.29) is 28.8 Å². The van der Waals surface area contributed by atoms with Crippen molar-refractivity contribution in [2.45, 2.75) is 38.5 Å². The summed E-state index contributed by atoms with van der Waals surface area (Å²) in [6.07, 6.45) is 2.24. The van der Waals surface area contributed by atoms with Gasteiger partial charge in [-0.1, -0.05) is 20.8 Å². The average molecular weight is 384 g/mol. The molecule has 1 fully saturated rings. The molecule has 1 aliphatic rings. The van der Waals surface area contributed by atoms with Crippen LogP contribution >= 0.6 is 0 Å². The topological polar surface area (TPSA) is 90.0 Å². The van der Waals surface area contributed by atoms with Crippen LogP contribution in [-0.2, 0) is 14.8 Å². The monoisotopic (exact) mass is 383 g/mol. The first kappa shape index (κ1) is 20.7. The molecule has 2 N–H and O–H groups in total. The number of anilines is 1. The molecule has 2 rings (SSSR count). The zero-order chi connectivity index (χ0) is 19.3. The summed E-state index contributed by atoms with van der Waals surface area (Å²) in [5.41, 5.74) is 0.119. The molecular formula is C18H29N3O4S. The highest BCUT2D eigenvalue weighted by Gasteiger charge is 2.24. The van der Waals surface area contributed by atoms with Crippen molar-refractivity contribution < 1.29 is 18.3 Å². The second-order valence-corrected chi connectivity index (χ2v) is 8.74. The van der Waals surface area contributed by atoms with Gasteiger partial charge in [0, 0.05) is 19.6 Å². The molecule has 1 amide bonds. The number of likely N-dealkylation sites (tertiary alicyclic amines) is 1. The standard InChI is InChI=1S/C18H29N3O4S/c1-4-21(5-2)26(24,25)15-8-9-17(22)16(11-15)19-18(23)13-20-10-6-7-14(3)12-20/h8-9,11,14,22H,4-7,10,12-13H2,1-3H3,(H,19,23). The Morgan fingerprint density at radius 1 is 1.35 bits per heavy atom. The molecule has 0 bridgehead atoms. The Hall–Kier alpha value is -1.64. The third-order valence-corrected chi connectivity index (χ3v) is 6.74. The van der Waals surface area contributed by atoms with Crippen LogP contribution in [0.2, 0.25) is 0 Å². The summed E-state index contributed by atoms with van der Waals surface area (Å²) in [4.78, 5) is 14.5. The van der Waals surface area contributed by atoms with Gasteiger partial charge in [-0.15, -0.1) is 0 Å². The Morgan fingerprint density at radius 3 is 2.65 bits per heavy atom. The van der Waals surface area contributed by atoms with E-state index in [1.54, 1.807) is 13.8 Å². The molecule has 146 valence electrons. The van der Waals surface area contributed by atoms with Gasteiger partial charge in [0.15, 0.2) is 0 Å². The highest BCUT2D eigenvalue weighted by atomic mass is 32.2. The summed E-state index contributed by atoms with van der Waals surface area (Å²) in [5, 5.41) is 12.7. The van der Waals surface area contributed by atoms with E-state index in [0.29, 0.717) is 19.0 Å². The van der Waals surface area contributed by atoms with Crippen molar-refractivity contribution in [2.24, 2.45) is 5.92 Å². The van der Waals surface area contributed by atoms with Crippen molar-refractivity contribution in [3.8, 4) is 5.75 Å². The number of phenols is 1. The molecule has 0 radical (unpaired) electrons. The molecular weight excluding hydrogens is 354 g/mol. The van der Waals surface area contributed by atoms with Crippen LogP contribution in [0, 0.1) is 5.92 Å². The highest BCUT2D eigenvalue weighted by molar-refractivity contribution is 7.89. The van der Waals surface area contributed by atoms with Crippen LogP contribution in [0.5, 0.6) is 5.75 Å². The maximum atomic E-state index is 12.6. The molecule has 1 atom stereocenters. The first-order valence-electron chi connectivity index (χ1n) is 9.13. The van der Waals surface area contributed by atoms with Crippen molar-refractivity contribution in [3.05, 3.63) is 18.2 Å². The van der Waals surface area contributed by atoms with Crippen LogP contribution in [-0.4, -0.2) is 61.4 Å². The fourth-order valence-electron chi connectivity index (χ4n) is 3.31. The minimum atomic E-state index is -3.65. The number of aromatic hydroxyl groups is 1. The zero-order valence-electron chi connectivity index (χ0n) is 15.7. The summed E-state index contributed by atoms with van der Waals surface area (Å²) in [5.74, 6) is 0.156. The van der Waals surface area contributed by atoms with E-state index in [4.69, 9.17) is 0 Å². The van der Waals surface area contributed by atoms with Crippen molar-refractivity contribution in [1.29, 1.82) is 0 Å². The van der Waals surface area contributed by atoms with Gasteiger partial charge in [0.1, 0.15) is 5.75 Å². The summed E-state index contributed by atoms with van der Waals surface area (Å²) in [6, 6.07) is 3.97. The van der Waals surface area contributed by atoms with E-state index in [2.05, 4.69) is 17.1 Å². The number of hydrogen-bond acceptors (Lipinski definition) is 5. The van der Waals surface area contributed by atoms with Gasteiger partial charge in [0.2, 0.25) is 15.9 Å². The first-order chi connectivity index (χ1) is 12.3. The minimum absolute atomic E-state index is 0.0564. The van der Waals surface area contributed by atoms with Gasteiger partial charge < -0.3 is 10.4 Å². The smallest absolute Gasteiger partial charge is 0.243 e. The van der Waals surface area contributed by atoms with Gasteiger partial charge in [0.05, 0.1) is 17.1 Å². The Kier molecular flexibility index (Phi) is 7.02. The lowest BCUT2D eigenvalue weighted by molar-refractivity contribution is -0.117. The number of nitrogens with zero attached hydrogens (tertiary/aromatic N) is 2. The molecule has 26 heavy (non-hydrogen) atoms. The Balaban J connectivity index is 2.13. The summed E-state index contributed by atoms with van der Waals surface area (Å²) in [6.45, 7) is 8.39. The second kappa shape index (κ2) is 8.83. The summed E-state index contributed by atoms with van der Waals surface area (Å²) in [7, 11) is -3.65. The Bertz CT molecular complexity index is 732. The van der Waals surface area contributed by atoms with Crippen LogP contribution < -0.4 is 5.32 Å². The first-order valence-corrected chi connectivity index (χ1v) is 10.6. The van der Waals surface area contributed by atoms with E-state index >= 15 is 0 Å². The van der Waals surface area contributed by atoms with Gasteiger partial charge >= 0.3 is 0 Å². The number of hydrogen-bond donors (Lipinski definition) is 2. The number of amides is 1. The number of rotatable bonds is 7. The second-order valence-electron chi connectivity index (χ2n) is 6.80. The van der Waals surface area contributed by atoms with Crippen LogP contribution in [0.3, 0.4) is 0 Å². The van der Waals surface area contributed by atoms with Gasteiger partial charge in [-0.3, -0.25) is 9.69 Å². The van der Waals surface area contributed by atoms with Crippen LogP contribution in [0.4, 0.5) is 5.69 Å². The van der Waals surface area contributed by atoms with Crippen LogP contribution in [0.25, 0.3) is 0 Å². The predicted octanol–water partition coefficient (Wildman–Crippen LogP) is 2.09. The molecule has 1 heterocycles. The third-order valence-electron chi connectivity index (χ3n) is 4.69. The SMILES string of the molecule is CCN(CC)S(=O)(=O)c1ccc(O)c(NC(=O)CN2CCCC(C)C2)c1. The van der Waals surface area contributed by atoms with Crippen LogP contribution in [0.1, 0.15) is 33.6 Å². The fourth-order valence-corrected chi connectivity index (χ4v) is 4.80. The highest BCUT2D eigenvalue weighted by Crippen LogP contribution is 2.28. The van der Waals surface area contributed by atoms with E-state index in [1.807, 2.05) is 0 Å². The maximum Gasteiger partial charge on any atom is 0.243 e. The number of sulfonamides is 1. The number of phenolic OH excluding ortho intramolecular Hbond substituents is 1. The summed E-state index contributed by atoms with van der Waals surface area (Å²) < 4.78 is 26.6. The summed E-state index contributed by atoms with van der Waals surface area (Å²) >= 11 is 0. The average Bonchev–Trinajstić information content (AvgIpc) is 2.57. The molecule has 7 nitrogen and oxygen atoms in total. The Labute approximate surface area is 156 Å². The van der Waals surface area contributed by atoms with Crippen LogP contribution in [0.15, 0.2) is 23.1 Å². The normalized spacial score (nSPS) is 18.8. The van der Waals surface area contributed by atoms with Gasteiger partial charge in [0.25, 0.3) is 0 Å². The van der Waals surface area contributed by atoms with Crippen molar-refractivity contribution in [2.75, 3.05) is 38.0 Å². The molecule has 0 spiro atoms. The largest absolute Gasteiger partial charge is 0.506 e. The molecule has 0 aromatic heterocycles. The maximum absolute atomic E-state index is 12.6. The van der Waals surface area contributed by atoms with E-state index in [9.17, 15) is 18.3 Å². The number of carbonyl (C=O) groups is 1. The number of carbonyl (C=O) groups excluding carboxylic acids is 1. The molecule has 0 aliphatic carbocycles. The van der Waals surface area contributed by atoms with Gasteiger partial charge in [-0.2, -0.15) is 4.31 Å². The zero-order valence-corrected chi connectivity index (χ0v) is 16.6. The molecule has 8 heteroatoms. The van der Waals surface area contributed by atoms with Crippen molar-refractivity contribution in [1.82, 2.24) is 9.21 Å². The van der Waals surface area contributed by atoms with E-state index in [0.717, 1.165) is 19.5 Å². The minimum Gasteiger partial charge on any atom is -0.506 e. The molecule has 1 saturated heterocycles. The molecule has 0 saturated carbocycles. The molecule has 1 aliphatic heterocycles. The number of piperidine rings is 1. The Morgan fingerprint density at radius 2 is 2.04 bits per heavy atom. The third kappa shape index (κ3) is 4.96. The lowest BCUT2D eigenvalue weighted by atomic mass is 10.0. The molecule has 1 unspecified atom stereocenters. The molecule has 1 aromatic carbocycles. The lowest BCUT2D eigenvalue weighted by Gasteiger charge is -2.30. The number of benzene rings is 1. The van der Waals surface area contributed by atoms with Gasteiger partial charge in [-0.05, 0) is 43.5 Å².